The topological polar surface area (TPSA) is 49.9 Å². The number of amidine groups is 1. The van der Waals surface area contributed by atoms with E-state index in [2.05, 4.69) is 19.1 Å². The minimum atomic E-state index is 0.257. The number of allylic oxidation sites excluding steroid dienone is 2. The molecule has 0 spiro atoms. The molecular formula is C19H38N2S. The highest BCUT2D eigenvalue weighted by atomic mass is 32.2. The summed E-state index contributed by atoms with van der Waals surface area (Å²) in [6, 6.07) is 0. The summed E-state index contributed by atoms with van der Waals surface area (Å²) in [6.45, 7) is 2.27. The number of rotatable bonds is 16. The lowest BCUT2D eigenvalue weighted by Gasteiger charge is -2.01. The van der Waals surface area contributed by atoms with Crippen LogP contribution in [0.2, 0.25) is 0 Å². The predicted molar refractivity (Wildman–Crippen MR) is 104 cm³/mol. The van der Waals surface area contributed by atoms with E-state index in [0.29, 0.717) is 0 Å². The van der Waals surface area contributed by atoms with Crippen molar-refractivity contribution in [2.75, 3.05) is 5.75 Å². The smallest absolute Gasteiger partial charge is 0.151 e. The van der Waals surface area contributed by atoms with Gasteiger partial charge in [0.05, 0.1) is 0 Å². The highest BCUT2D eigenvalue weighted by Crippen LogP contribution is 2.11. The van der Waals surface area contributed by atoms with Crippen molar-refractivity contribution in [2.24, 2.45) is 5.73 Å². The highest BCUT2D eigenvalue weighted by Gasteiger charge is 1.93. The summed E-state index contributed by atoms with van der Waals surface area (Å²) in [6.07, 6.45) is 23.6. The minimum absolute atomic E-state index is 0.257. The van der Waals surface area contributed by atoms with Crippen molar-refractivity contribution in [3.63, 3.8) is 0 Å². The zero-order chi connectivity index (χ0) is 16.3. The van der Waals surface area contributed by atoms with E-state index in [1.807, 2.05) is 0 Å². The van der Waals surface area contributed by atoms with Gasteiger partial charge in [0.1, 0.15) is 0 Å². The number of unbranched alkanes of at least 4 members (excludes halogenated alkanes) is 12. The van der Waals surface area contributed by atoms with Gasteiger partial charge in [-0.05, 0) is 32.1 Å². The average molecular weight is 327 g/mol. The van der Waals surface area contributed by atoms with E-state index in [1.165, 1.54) is 102 Å². The van der Waals surface area contributed by atoms with Crippen molar-refractivity contribution >= 4 is 16.9 Å². The maximum Gasteiger partial charge on any atom is 0.151 e. The molecule has 0 unspecified atom stereocenters. The van der Waals surface area contributed by atoms with Crippen LogP contribution >= 0.6 is 11.8 Å². The van der Waals surface area contributed by atoms with E-state index in [4.69, 9.17) is 11.1 Å². The van der Waals surface area contributed by atoms with Gasteiger partial charge in [0.15, 0.2) is 5.17 Å². The van der Waals surface area contributed by atoms with E-state index in [0.717, 1.165) is 5.75 Å². The van der Waals surface area contributed by atoms with Crippen LogP contribution in [0.15, 0.2) is 12.2 Å². The number of hydrogen-bond donors (Lipinski definition) is 2. The van der Waals surface area contributed by atoms with Crippen LogP contribution in [-0.2, 0) is 0 Å². The molecule has 0 aromatic carbocycles. The molecule has 0 aromatic heterocycles. The molecule has 22 heavy (non-hydrogen) atoms. The summed E-state index contributed by atoms with van der Waals surface area (Å²) in [7, 11) is 0. The average Bonchev–Trinajstić information content (AvgIpc) is 2.50. The molecule has 0 saturated carbocycles. The van der Waals surface area contributed by atoms with Crippen molar-refractivity contribution in [3.05, 3.63) is 12.2 Å². The summed E-state index contributed by atoms with van der Waals surface area (Å²) in [5.74, 6) is 1.01. The second-order valence-electron chi connectivity index (χ2n) is 6.15. The van der Waals surface area contributed by atoms with Crippen molar-refractivity contribution in [2.45, 2.75) is 96.8 Å². The first-order valence-electron chi connectivity index (χ1n) is 9.39. The fraction of sp³-hybridized carbons (Fsp3) is 0.842. The second kappa shape index (κ2) is 18.6. The van der Waals surface area contributed by atoms with Crippen molar-refractivity contribution in [3.8, 4) is 0 Å². The summed E-state index contributed by atoms with van der Waals surface area (Å²) in [4.78, 5) is 0. The van der Waals surface area contributed by atoms with Crippen LogP contribution in [0.4, 0.5) is 0 Å². The van der Waals surface area contributed by atoms with Crippen LogP contribution in [0, 0.1) is 5.41 Å². The number of hydrogen-bond acceptors (Lipinski definition) is 2. The molecule has 0 aromatic rings. The van der Waals surface area contributed by atoms with Gasteiger partial charge in [0.25, 0.3) is 0 Å². The lowest BCUT2D eigenvalue weighted by molar-refractivity contribution is 0.607. The van der Waals surface area contributed by atoms with Gasteiger partial charge in [-0.3, -0.25) is 5.41 Å². The fourth-order valence-corrected chi connectivity index (χ4v) is 3.10. The molecule has 0 fully saturated rings. The SMILES string of the molecule is CCCCCCCCC=CCCCCCCCCSC(=N)N. The standard InChI is InChI=1S/C19H38N2S/c1-2-3-4-5-6-7-8-9-10-11-12-13-14-15-16-17-18-22-19(20)21/h9-10H,2-8,11-18H2,1H3,(H3,20,21). The van der Waals surface area contributed by atoms with E-state index >= 15 is 0 Å². The van der Waals surface area contributed by atoms with E-state index in [1.54, 1.807) is 0 Å². The molecule has 0 amide bonds. The molecule has 0 aliphatic heterocycles. The van der Waals surface area contributed by atoms with Crippen LogP contribution in [0.5, 0.6) is 0 Å². The maximum absolute atomic E-state index is 7.12. The van der Waals surface area contributed by atoms with Crippen molar-refractivity contribution in [1.29, 1.82) is 5.41 Å². The zero-order valence-corrected chi connectivity index (χ0v) is 15.6. The lowest BCUT2D eigenvalue weighted by atomic mass is 10.1. The second-order valence-corrected chi connectivity index (χ2v) is 7.29. The molecule has 0 aliphatic rings. The summed E-state index contributed by atoms with van der Waals surface area (Å²) >= 11 is 1.47. The van der Waals surface area contributed by atoms with Crippen LogP contribution in [-0.4, -0.2) is 10.9 Å². The Morgan fingerprint density at radius 3 is 1.73 bits per heavy atom. The van der Waals surface area contributed by atoms with Crippen molar-refractivity contribution < 1.29 is 0 Å². The van der Waals surface area contributed by atoms with Crippen molar-refractivity contribution in [1.82, 2.24) is 0 Å². The molecule has 2 nitrogen and oxygen atoms in total. The van der Waals surface area contributed by atoms with Gasteiger partial charge in [-0.1, -0.05) is 88.6 Å². The Labute approximate surface area is 143 Å². The van der Waals surface area contributed by atoms with Gasteiger partial charge in [0, 0.05) is 5.75 Å². The first-order valence-corrected chi connectivity index (χ1v) is 10.4. The minimum Gasteiger partial charge on any atom is -0.379 e. The highest BCUT2D eigenvalue weighted by molar-refractivity contribution is 8.13. The number of thioether (sulfide) groups is 1. The normalized spacial score (nSPS) is 11.3. The summed E-state index contributed by atoms with van der Waals surface area (Å²) in [5, 5.41) is 7.38. The Morgan fingerprint density at radius 1 is 0.773 bits per heavy atom. The summed E-state index contributed by atoms with van der Waals surface area (Å²) < 4.78 is 0. The van der Waals surface area contributed by atoms with E-state index in [-0.39, 0.29) is 5.17 Å². The molecule has 0 saturated heterocycles. The Balaban J connectivity index is 3.06. The molecule has 0 bridgehead atoms. The molecule has 0 heterocycles. The van der Waals surface area contributed by atoms with Gasteiger partial charge in [-0.15, -0.1) is 0 Å². The van der Waals surface area contributed by atoms with Gasteiger partial charge in [-0.2, -0.15) is 0 Å². The van der Waals surface area contributed by atoms with Gasteiger partial charge in [-0.25, -0.2) is 0 Å². The van der Waals surface area contributed by atoms with E-state index < -0.39 is 0 Å². The summed E-state index contributed by atoms with van der Waals surface area (Å²) in [5.41, 5.74) is 5.30. The maximum atomic E-state index is 7.12. The number of nitrogens with two attached hydrogens (primary N) is 1. The Bertz CT molecular complexity index is 264. The third-order valence-electron chi connectivity index (χ3n) is 3.91. The van der Waals surface area contributed by atoms with Crippen LogP contribution in [0.1, 0.15) is 96.8 Å². The monoisotopic (exact) mass is 326 g/mol. The lowest BCUT2D eigenvalue weighted by Crippen LogP contribution is -2.04. The van der Waals surface area contributed by atoms with E-state index in [9.17, 15) is 0 Å². The first-order chi connectivity index (χ1) is 10.8. The van der Waals surface area contributed by atoms with Crippen LogP contribution < -0.4 is 5.73 Å². The molecular weight excluding hydrogens is 288 g/mol. The Hall–Kier alpha value is -0.440. The first kappa shape index (κ1) is 21.6. The zero-order valence-electron chi connectivity index (χ0n) is 14.7. The van der Waals surface area contributed by atoms with Gasteiger partial charge < -0.3 is 5.73 Å². The fourth-order valence-electron chi connectivity index (χ4n) is 2.53. The molecule has 0 rings (SSSR count). The Kier molecular flexibility index (Phi) is 18.2. The van der Waals surface area contributed by atoms with Gasteiger partial charge >= 0.3 is 0 Å². The molecule has 130 valence electrons. The van der Waals surface area contributed by atoms with Crippen LogP contribution in [0.25, 0.3) is 0 Å². The largest absolute Gasteiger partial charge is 0.379 e. The molecule has 3 heteroatoms. The number of nitrogens with one attached hydrogen (secondary N) is 1. The predicted octanol–water partition coefficient (Wildman–Crippen LogP) is 6.65. The molecule has 0 atom stereocenters. The molecule has 0 radical (unpaired) electrons. The molecule has 3 N–H and O–H groups in total. The molecule has 0 aliphatic carbocycles. The van der Waals surface area contributed by atoms with Crippen LogP contribution in [0.3, 0.4) is 0 Å². The third kappa shape index (κ3) is 19.6. The third-order valence-corrected chi connectivity index (χ3v) is 4.72. The quantitative estimate of drug-likeness (QED) is 0.144. The Morgan fingerprint density at radius 2 is 1.23 bits per heavy atom. The van der Waals surface area contributed by atoms with Gasteiger partial charge in [0.2, 0.25) is 0 Å².